The van der Waals surface area contributed by atoms with Crippen LogP contribution in [0.3, 0.4) is 0 Å². The van der Waals surface area contributed by atoms with E-state index >= 15 is 0 Å². The van der Waals surface area contributed by atoms with Crippen molar-refractivity contribution in [1.29, 1.82) is 0 Å². The average Bonchev–Trinajstić information content (AvgIpc) is 2.19. The van der Waals surface area contributed by atoms with Crippen LogP contribution in [0.1, 0.15) is 27.2 Å². The molecule has 1 atom stereocenters. The number of carboxylic acid groups (broad SMARTS) is 1. The second-order valence-electron chi connectivity index (χ2n) is 5.38. The van der Waals surface area contributed by atoms with Crippen molar-refractivity contribution in [3.63, 3.8) is 0 Å². The second-order valence-corrected chi connectivity index (χ2v) is 5.92. The van der Waals surface area contributed by atoms with Crippen LogP contribution in [0.5, 0.6) is 0 Å². The maximum atomic E-state index is 11.3. The van der Waals surface area contributed by atoms with E-state index in [9.17, 15) is 9.59 Å². The lowest BCUT2D eigenvalue weighted by molar-refractivity contribution is -0.142. The van der Waals surface area contributed by atoms with E-state index in [1.165, 1.54) is 0 Å². The minimum absolute atomic E-state index is 0.0905. The van der Waals surface area contributed by atoms with Crippen LogP contribution in [-0.2, 0) is 4.79 Å². The van der Waals surface area contributed by atoms with Crippen molar-refractivity contribution >= 4 is 23.6 Å². The SMILES string of the molecule is C=C(Cl)CNC(=O)NCC(CC(C)(C)C)C(=O)O. The minimum Gasteiger partial charge on any atom is -0.481 e. The molecule has 0 bridgehead atoms. The molecular formula is C12H21ClN2O3. The van der Waals surface area contributed by atoms with Crippen LogP contribution in [0.2, 0.25) is 0 Å². The van der Waals surface area contributed by atoms with Crippen LogP contribution >= 0.6 is 11.6 Å². The van der Waals surface area contributed by atoms with E-state index in [0.717, 1.165) is 0 Å². The van der Waals surface area contributed by atoms with Crippen LogP contribution in [0.25, 0.3) is 0 Å². The highest BCUT2D eigenvalue weighted by molar-refractivity contribution is 6.29. The normalized spacial score (nSPS) is 12.7. The smallest absolute Gasteiger partial charge is 0.315 e. The highest BCUT2D eigenvalue weighted by Gasteiger charge is 2.24. The first kappa shape index (κ1) is 16.8. The molecule has 0 saturated heterocycles. The van der Waals surface area contributed by atoms with Crippen molar-refractivity contribution in [1.82, 2.24) is 10.6 Å². The van der Waals surface area contributed by atoms with Crippen molar-refractivity contribution in [3.05, 3.63) is 11.6 Å². The number of hydrogen-bond donors (Lipinski definition) is 3. The predicted molar refractivity (Wildman–Crippen MR) is 71.6 cm³/mol. The van der Waals surface area contributed by atoms with Gasteiger partial charge in [-0.05, 0) is 11.8 Å². The zero-order valence-corrected chi connectivity index (χ0v) is 11.8. The molecule has 0 aromatic carbocycles. The third kappa shape index (κ3) is 8.87. The summed E-state index contributed by atoms with van der Waals surface area (Å²) in [5.74, 6) is -1.51. The summed E-state index contributed by atoms with van der Waals surface area (Å²) in [6.45, 7) is 9.55. The zero-order valence-electron chi connectivity index (χ0n) is 11.0. The van der Waals surface area contributed by atoms with Gasteiger partial charge in [0.15, 0.2) is 0 Å². The highest BCUT2D eigenvalue weighted by atomic mass is 35.5. The van der Waals surface area contributed by atoms with E-state index in [1.807, 2.05) is 20.8 Å². The summed E-state index contributed by atoms with van der Waals surface area (Å²) >= 11 is 5.49. The maximum Gasteiger partial charge on any atom is 0.315 e. The Morgan fingerprint density at radius 2 is 1.89 bits per heavy atom. The summed E-state index contributed by atoms with van der Waals surface area (Å²) in [4.78, 5) is 22.4. The fourth-order valence-corrected chi connectivity index (χ4v) is 1.51. The van der Waals surface area contributed by atoms with Crippen LogP contribution in [0.4, 0.5) is 4.79 Å². The van der Waals surface area contributed by atoms with E-state index in [2.05, 4.69) is 17.2 Å². The highest BCUT2D eigenvalue weighted by Crippen LogP contribution is 2.24. The van der Waals surface area contributed by atoms with E-state index in [-0.39, 0.29) is 18.5 Å². The summed E-state index contributed by atoms with van der Waals surface area (Å²) < 4.78 is 0. The molecule has 5 nitrogen and oxygen atoms in total. The first-order chi connectivity index (χ1) is 8.11. The third-order valence-corrected chi connectivity index (χ3v) is 2.29. The van der Waals surface area contributed by atoms with Gasteiger partial charge in [-0.25, -0.2) is 4.79 Å². The van der Waals surface area contributed by atoms with Gasteiger partial charge in [-0.2, -0.15) is 0 Å². The Kier molecular flexibility index (Phi) is 6.76. The lowest BCUT2D eigenvalue weighted by Gasteiger charge is -2.23. The van der Waals surface area contributed by atoms with Gasteiger partial charge in [-0.3, -0.25) is 4.79 Å². The van der Waals surface area contributed by atoms with Gasteiger partial charge < -0.3 is 15.7 Å². The Labute approximate surface area is 113 Å². The molecule has 0 saturated carbocycles. The van der Waals surface area contributed by atoms with Crippen LogP contribution in [0.15, 0.2) is 11.6 Å². The van der Waals surface area contributed by atoms with Gasteiger partial charge >= 0.3 is 12.0 Å². The number of amides is 2. The molecular weight excluding hydrogens is 256 g/mol. The summed E-state index contributed by atoms with van der Waals surface area (Å²) in [5.41, 5.74) is -0.106. The summed E-state index contributed by atoms with van der Waals surface area (Å²) in [5, 5.41) is 14.4. The Morgan fingerprint density at radius 1 is 1.33 bits per heavy atom. The summed E-state index contributed by atoms with van der Waals surface area (Å²) in [7, 11) is 0. The summed E-state index contributed by atoms with van der Waals surface area (Å²) in [6, 6.07) is -0.447. The number of aliphatic carboxylic acids is 1. The number of nitrogens with one attached hydrogen (secondary N) is 2. The van der Waals surface area contributed by atoms with Crippen LogP contribution < -0.4 is 10.6 Å². The van der Waals surface area contributed by atoms with Gasteiger partial charge in [-0.1, -0.05) is 39.0 Å². The molecule has 1 unspecified atom stereocenters. The number of carbonyl (C=O) groups is 2. The van der Waals surface area contributed by atoms with Gasteiger partial charge in [-0.15, -0.1) is 0 Å². The number of rotatable bonds is 6. The number of halogens is 1. The van der Waals surface area contributed by atoms with Gasteiger partial charge in [0, 0.05) is 11.6 Å². The number of urea groups is 1. The van der Waals surface area contributed by atoms with E-state index in [1.54, 1.807) is 0 Å². The van der Waals surface area contributed by atoms with Crippen molar-refractivity contribution in [2.45, 2.75) is 27.2 Å². The fourth-order valence-electron chi connectivity index (χ4n) is 1.44. The molecule has 6 heteroatoms. The monoisotopic (exact) mass is 276 g/mol. The Balaban J connectivity index is 4.16. The standard InChI is InChI=1S/C12H21ClN2O3/c1-8(13)6-14-11(18)15-7-9(10(16)17)5-12(2,3)4/h9H,1,5-7H2,2-4H3,(H,16,17)(H2,14,15,18). The largest absolute Gasteiger partial charge is 0.481 e. The molecule has 0 aliphatic carbocycles. The van der Waals surface area contributed by atoms with Crippen molar-refractivity contribution in [2.75, 3.05) is 13.1 Å². The molecule has 104 valence electrons. The molecule has 0 aromatic heterocycles. The number of carboxylic acids is 1. The lowest BCUT2D eigenvalue weighted by Crippen LogP contribution is -2.41. The van der Waals surface area contributed by atoms with Gasteiger partial charge in [0.2, 0.25) is 0 Å². The van der Waals surface area contributed by atoms with E-state index < -0.39 is 17.9 Å². The predicted octanol–water partition coefficient (Wildman–Crippen LogP) is 2.18. The molecule has 0 radical (unpaired) electrons. The van der Waals surface area contributed by atoms with Crippen LogP contribution in [0, 0.1) is 11.3 Å². The fraction of sp³-hybridized carbons (Fsp3) is 0.667. The molecule has 0 aliphatic heterocycles. The Bertz CT molecular complexity index is 324. The molecule has 2 amide bonds. The Morgan fingerprint density at radius 3 is 2.28 bits per heavy atom. The molecule has 0 heterocycles. The zero-order chi connectivity index (χ0) is 14.3. The first-order valence-corrected chi connectivity index (χ1v) is 6.07. The third-order valence-electron chi connectivity index (χ3n) is 2.16. The molecule has 0 aromatic rings. The summed E-state index contributed by atoms with van der Waals surface area (Å²) in [6.07, 6.45) is 0.491. The quantitative estimate of drug-likeness (QED) is 0.696. The molecule has 0 rings (SSSR count). The average molecular weight is 277 g/mol. The van der Waals surface area contributed by atoms with Gasteiger partial charge in [0.25, 0.3) is 0 Å². The van der Waals surface area contributed by atoms with E-state index in [0.29, 0.717) is 11.5 Å². The molecule has 0 fully saturated rings. The molecule has 3 N–H and O–H groups in total. The molecule has 0 spiro atoms. The Hall–Kier alpha value is -1.23. The topological polar surface area (TPSA) is 78.4 Å². The maximum absolute atomic E-state index is 11.3. The lowest BCUT2D eigenvalue weighted by atomic mass is 9.84. The van der Waals surface area contributed by atoms with E-state index in [4.69, 9.17) is 16.7 Å². The van der Waals surface area contributed by atoms with Crippen molar-refractivity contribution < 1.29 is 14.7 Å². The molecule has 18 heavy (non-hydrogen) atoms. The number of hydrogen-bond acceptors (Lipinski definition) is 2. The second kappa shape index (κ2) is 7.26. The molecule has 0 aliphatic rings. The van der Waals surface area contributed by atoms with Gasteiger partial charge in [0.1, 0.15) is 0 Å². The first-order valence-electron chi connectivity index (χ1n) is 5.69. The minimum atomic E-state index is -0.910. The van der Waals surface area contributed by atoms with Gasteiger partial charge in [0.05, 0.1) is 12.5 Å². The van der Waals surface area contributed by atoms with Crippen molar-refractivity contribution in [2.24, 2.45) is 11.3 Å². The van der Waals surface area contributed by atoms with Crippen molar-refractivity contribution in [3.8, 4) is 0 Å². The van der Waals surface area contributed by atoms with Crippen LogP contribution in [-0.4, -0.2) is 30.2 Å². The number of carbonyl (C=O) groups excluding carboxylic acids is 1.